The van der Waals surface area contributed by atoms with Gasteiger partial charge in [0.2, 0.25) is 11.5 Å². The van der Waals surface area contributed by atoms with Gasteiger partial charge in [0, 0.05) is 12.1 Å². The molecule has 0 saturated heterocycles. The van der Waals surface area contributed by atoms with Gasteiger partial charge in [-0.1, -0.05) is 6.07 Å². The third-order valence-electron chi connectivity index (χ3n) is 2.21. The highest BCUT2D eigenvalue weighted by molar-refractivity contribution is 5.94. The summed E-state index contributed by atoms with van der Waals surface area (Å²) in [6.45, 7) is 3.36. The zero-order valence-corrected chi connectivity index (χ0v) is 9.77. The van der Waals surface area contributed by atoms with Crippen LogP contribution in [0.5, 0.6) is 0 Å². The van der Waals surface area contributed by atoms with E-state index in [0.29, 0.717) is 0 Å². The molecule has 0 bridgehead atoms. The Kier molecular flexibility index (Phi) is 4.03. The molecule has 0 unspecified atom stereocenters. The normalized spacial score (nSPS) is 10.3. The minimum Gasteiger partial charge on any atom is -0.368 e. The Labute approximate surface area is 98.4 Å². The smallest absolute Gasteiger partial charge is 0.271 e. The van der Waals surface area contributed by atoms with Crippen LogP contribution in [0, 0.1) is 0 Å². The van der Waals surface area contributed by atoms with Crippen LogP contribution in [0.4, 0.5) is 0 Å². The summed E-state index contributed by atoms with van der Waals surface area (Å²) in [6.07, 6.45) is 0. The summed E-state index contributed by atoms with van der Waals surface area (Å²) in [7, 11) is 0. The van der Waals surface area contributed by atoms with Gasteiger partial charge < -0.3 is 15.6 Å². The number of hydrogen-bond acceptors (Lipinski definition) is 3. The average molecular weight is 237 g/mol. The fourth-order valence-electron chi connectivity index (χ4n) is 1.38. The van der Waals surface area contributed by atoms with Crippen molar-refractivity contribution >= 4 is 11.8 Å². The van der Waals surface area contributed by atoms with E-state index in [4.69, 9.17) is 5.73 Å². The van der Waals surface area contributed by atoms with E-state index < -0.39 is 11.8 Å². The van der Waals surface area contributed by atoms with Crippen molar-refractivity contribution in [2.24, 2.45) is 5.73 Å². The number of rotatable bonds is 4. The first kappa shape index (κ1) is 13.0. The molecule has 0 saturated carbocycles. The van der Waals surface area contributed by atoms with Crippen LogP contribution in [0.3, 0.4) is 0 Å². The van der Waals surface area contributed by atoms with Crippen molar-refractivity contribution in [2.45, 2.75) is 19.9 Å². The molecule has 1 heterocycles. The van der Waals surface area contributed by atoms with Crippen molar-refractivity contribution in [1.29, 1.82) is 0 Å². The first-order valence-corrected chi connectivity index (χ1v) is 5.20. The molecule has 0 radical (unpaired) electrons. The molecular formula is C11H15N3O3. The van der Waals surface area contributed by atoms with E-state index in [9.17, 15) is 14.4 Å². The average Bonchev–Trinajstić information content (AvgIpc) is 2.24. The molecule has 6 nitrogen and oxygen atoms in total. The maximum absolute atomic E-state index is 12.0. The Hall–Kier alpha value is -2.11. The summed E-state index contributed by atoms with van der Waals surface area (Å²) >= 11 is 0. The van der Waals surface area contributed by atoms with Crippen LogP contribution in [-0.4, -0.2) is 34.3 Å². The molecule has 0 spiro atoms. The summed E-state index contributed by atoms with van der Waals surface area (Å²) in [6, 6.07) is 4.10. The number of aromatic nitrogens is 1. The number of nitrogens with one attached hydrogen (secondary N) is 1. The molecule has 0 aromatic carbocycles. The predicted octanol–water partition coefficient (Wildman–Crippen LogP) is -0.289. The van der Waals surface area contributed by atoms with Crippen LogP contribution < -0.4 is 11.3 Å². The van der Waals surface area contributed by atoms with Crippen LogP contribution >= 0.6 is 0 Å². The van der Waals surface area contributed by atoms with Crippen molar-refractivity contribution in [2.75, 3.05) is 6.54 Å². The lowest BCUT2D eigenvalue weighted by atomic mass is 10.2. The van der Waals surface area contributed by atoms with Gasteiger partial charge in [0.1, 0.15) is 5.69 Å². The maximum atomic E-state index is 12.0. The van der Waals surface area contributed by atoms with Crippen LogP contribution in [0.1, 0.15) is 24.3 Å². The summed E-state index contributed by atoms with van der Waals surface area (Å²) in [5, 5.41) is 0. The molecule has 0 aliphatic rings. The largest absolute Gasteiger partial charge is 0.368 e. The van der Waals surface area contributed by atoms with E-state index >= 15 is 0 Å². The zero-order chi connectivity index (χ0) is 13.0. The van der Waals surface area contributed by atoms with Gasteiger partial charge in [-0.2, -0.15) is 0 Å². The highest BCUT2D eigenvalue weighted by atomic mass is 16.2. The van der Waals surface area contributed by atoms with Gasteiger partial charge in [0.15, 0.2) is 0 Å². The summed E-state index contributed by atoms with van der Waals surface area (Å²) in [4.78, 5) is 37.7. The SMILES string of the molecule is CC(C)N(CC(N)=O)C(=O)c1cccc(=O)[nH]1. The summed E-state index contributed by atoms with van der Waals surface area (Å²) < 4.78 is 0. The van der Waals surface area contributed by atoms with Crippen LogP contribution in [0.2, 0.25) is 0 Å². The van der Waals surface area contributed by atoms with Gasteiger partial charge in [0.05, 0.1) is 6.54 Å². The molecule has 0 aliphatic carbocycles. The van der Waals surface area contributed by atoms with E-state index in [-0.39, 0.29) is 23.8 Å². The zero-order valence-electron chi connectivity index (χ0n) is 9.77. The number of nitrogens with two attached hydrogens (primary N) is 1. The molecule has 1 rings (SSSR count). The molecule has 0 fully saturated rings. The molecule has 17 heavy (non-hydrogen) atoms. The van der Waals surface area contributed by atoms with E-state index in [1.807, 2.05) is 0 Å². The number of carbonyl (C=O) groups is 2. The standard InChI is InChI=1S/C11H15N3O3/c1-7(2)14(6-9(12)15)11(17)8-4-3-5-10(16)13-8/h3-5,7H,6H2,1-2H3,(H2,12,15)(H,13,16). The third-order valence-corrected chi connectivity index (χ3v) is 2.21. The number of nitrogens with zero attached hydrogens (tertiary/aromatic N) is 1. The second-order valence-corrected chi connectivity index (χ2v) is 3.92. The monoisotopic (exact) mass is 237 g/mol. The van der Waals surface area contributed by atoms with Crippen molar-refractivity contribution in [3.05, 3.63) is 34.2 Å². The number of hydrogen-bond donors (Lipinski definition) is 2. The lowest BCUT2D eigenvalue weighted by Crippen LogP contribution is -2.43. The summed E-state index contributed by atoms with van der Waals surface area (Å²) in [5.74, 6) is -1.01. The second-order valence-electron chi connectivity index (χ2n) is 3.92. The van der Waals surface area contributed by atoms with Gasteiger partial charge in [-0.05, 0) is 19.9 Å². The van der Waals surface area contributed by atoms with E-state index in [1.165, 1.54) is 23.1 Å². The van der Waals surface area contributed by atoms with Gasteiger partial charge in [0.25, 0.3) is 5.91 Å². The van der Waals surface area contributed by atoms with Crippen LogP contribution in [-0.2, 0) is 4.79 Å². The Morgan fingerprint density at radius 2 is 2.06 bits per heavy atom. The number of amides is 2. The minimum absolute atomic E-state index is 0.146. The van der Waals surface area contributed by atoms with E-state index in [1.54, 1.807) is 13.8 Å². The maximum Gasteiger partial charge on any atom is 0.271 e. The molecule has 0 aliphatic heterocycles. The van der Waals surface area contributed by atoms with Gasteiger partial charge >= 0.3 is 0 Å². The molecule has 1 aromatic heterocycles. The van der Waals surface area contributed by atoms with Crippen molar-refractivity contribution in [1.82, 2.24) is 9.88 Å². The van der Waals surface area contributed by atoms with Gasteiger partial charge in [-0.25, -0.2) is 0 Å². The van der Waals surface area contributed by atoms with Gasteiger partial charge in [-0.15, -0.1) is 0 Å². The lowest BCUT2D eigenvalue weighted by molar-refractivity contribution is -0.119. The third kappa shape index (κ3) is 3.44. The Morgan fingerprint density at radius 3 is 2.53 bits per heavy atom. The molecule has 6 heteroatoms. The topological polar surface area (TPSA) is 96.3 Å². The number of carbonyl (C=O) groups excluding carboxylic acids is 2. The fraction of sp³-hybridized carbons (Fsp3) is 0.364. The Bertz CT molecular complexity index is 479. The van der Waals surface area contributed by atoms with Crippen LogP contribution in [0.25, 0.3) is 0 Å². The first-order valence-electron chi connectivity index (χ1n) is 5.20. The van der Waals surface area contributed by atoms with Crippen molar-refractivity contribution in [3.8, 4) is 0 Å². The number of pyridine rings is 1. The first-order chi connectivity index (χ1) is 7.91. The Balaban J connectivity index is 2.99. The van der Waals surface area contributed by atoms with Gasteiger partial charge in [-0.3, -0.25) is 14.4 Å². The molecule has 0 atom stereocenters. The fourth-order valence-corrected chi connectivity index (χ4v) is 1.38. The molecular weight excluding hydrogens is 222 g/mol. The number of aromatic amines is 1. The Morgan fingerprint density at radius 1 is 1.41 bits per heavy atom. The summed E-state index contributed by atoms with van der Waals surface area (Å²) in [5.41, 5.74) is 4.86. The van der Waals surface area contributed by atoms with E-state index in [0.717, 1.165) is 0 Å². The number of primary amides is 1. The van der Waals surface area contributed by atoms with E-state index in [2.05, 4.69) is 4.98 Å². The van der Waals surface area contributed by atoms with Crippen molar-refractivity contribution < 1.29 is 9.59 Å². The highest BCUT2D eigenvalue weighted by Gasteiger charge is 2.20. The minimum atomic E-state index is -0.592. The van der Waals surface area contributed by atoms with Crippen LogP contribution in [0.15, 0.2) is 23.0 Å². The number of H-pyrrole nitrogens is 1. The quantitative estimate of drug-likeness (QED) is 0.753. The second kappa shape index (κ2) is 5.29. The predicted molar refractivity (Wildman–Crippen MR) is 62.4 cm³/mol. The molecule has 2 amide bonds. The van der Waals surface area contributed by atoms with Crippen molar-refractivity contribution in [3.63, 3.8) is 0 Å². The molecule has 1 aromatic rings. The lowest BCUT2D eigenvalue weighted by Gasteiger charge is -2.24. The molecule has 92 valence electrons. The highest BCUT2D eigenvalue weighted by Crippen LogP contribution is 2.04. The molecule has 3 N–H and O–H groups in total.